The quantitative estimate of drug-likeness (QED) is 0.867. The lowest BCUT2D eigenvalue weighted by Crippen LogP contribution is -2.33. The summed E-state index contributed by atoms with van der Waals surface area (Å²) in [7, 11) is 0. The van der Waals surface area contributed by atoms with Crippen molar-refractivity contribution in [2.75, 3.05) is 13.1 Å². The zero-order valence-electron chi connectivity index (χ0n) is 11.9. The highest BCUT2D eigenvalue weighted by Crippen LogP contribution is 2.31. The average molecular weight is 300 g/mol. The third-order valence-corrected chi connectivity index (χ3v) is 4.59. The Hall–Kier alpha value is -1.45. The van der Waals surface area contributed by atoms with Crippen LogP contribution in [0.25, 0.3) is 11.4 Å². The first-order valence-electron chi connectivity index (χ1n) is 7.61. The highest BCUT2D eigenvalue weighted by atomic mass is 35.5. The lowest BCUT2D eigenvalue weighted by atomic mass is 10.1. The van der Waals surface area contributed by atoms with Crippen molar-refractivity contribution in [2.24, 2.45) is 5.92 Å². The minimum absolute atomic E-state index is 0.743. The van der Waals surface area contributed by atoms with E-state index in [1.807, 2.05) is 30.5 Å². The minimum Gasteiger partial charge on any atom is -0.297 e. The lowest BCUT2D eigenvalue weighted by molar-refractivity contribution is 0.240. The standard InChI is InChI=1S/C17H18ClN3/c18-15-5-3-13(4-6-15)17-19-9-14-7-8-21(10-12-1-2-12)11-16(14)20-17/h3-6,9,12H,1-2,7-8,10-11H2. The smallest absolute Gasteiger partial charge is 0.159 e. The van der Waals surface area contributed by atoms with Crippen LogP contribution in [0.3, 0.4) is 0 Å². The van der Waals surface area contributed by atoms with E-state index >= 15 is 0 Å². The predicted octanol–water partition coefficient (Wildman–Crippen LogP) is 3.57. The van der Waals surface area contributed by atoms with Gasteiger partial charge in [-0.3, -0.25) is 4.90 Å². The van der Waals surface area contributed by atoms with E-state index in [-0.39, 0.29) is 0 Å². The van der Waals surface area contributed by atoms with Crippen LogP contribution < -0.4 is 0 Å². The molecule has 1 fully saturated rings. The highest BCUT2D eigenvalue weighted by Gasteiger charge is 2.27. The van der Waals surface area contributed by atoms with Gasteiger partial charge in [0.05, 0.1) is 5.69 Å². The van der Waals surface area contributed by atoms with Crippen molar-refractivity contribution in [1.29, 1.82) is 0 Å². The van der Waals surface area contributed by atoms with E-state index in [2.05, 4.69) is 9.88 Å². The lowest BCUT2D eigenvalue weighted by Gasteiger charge is -2.27. The Balaban J connectivity index is 1.59. The van der Waals surface area contributed by atoms with Gasteiger partial charge in [0, 0.05) is 36.4 Å². The molecular weight excluding hydrogens is 282 g/mol. The number of nitrogens with zero attached hydrogens (tertiary/aromatic N) is 3. The summed E-state index contributed by atoms with van der Waals surface area (Å²) in [5, 5.41) is 0.743. The van der Waals surface area contributed by atoms with E-state index in [4.69, 9.17) is 16.6 Å². The van der Waals surface area contributed by atoms with Crippen molar-refractivity contribution >= 4 is 11.6 Å². The van der Waals surface area contributed by atoms with Crippen molar-refractivity contribution in [3.05, 3.63) is 46.7 Å². The number of rotatable bonds is 3. The molecule has 2 heterocycles. The van der Waals surface area contributed by atoms with Gasteiger partial charge in [-0.15, -0.1) is 0 Å². The molecule has 0 spiro atoms. The van der Waals surface area contributed by atoms with E-state index < -0.39 is 0 Å². The van der Waals surface area contributed by atoms with Crippen LogP contribution in [-0.4, -0.2) is 28.0 Å². The van der Waals surface area contributed by atoms with Crippen LogP contribution in [0.5, 0.6) is 0 Å². The van der Waals surface area contributed by atoms with Crippen molar-refractivity contribution < 1.29 is 0 Å². The first-order chi connectivity index (χ1) is 10.3. The van der Waals surface area contributed by atoms with Gasteiger partial charge in [0.25, 0.3) is 0 Å². The first-order valence-corrected chi connectivity index (χ1v) is 7.99. The number of fused-ring (bicyclic) bond motifs is 1. The van der Waals surface area contributed by atoms with Gasteiger partial charge >= 0.3 is 0 Å². The SMILES string of the molecule is Clc1ccc(-c2ncc3c(n2)CN(CC2CC2)CC3)cc1. The second kappa shape index (κ2) is 5.39. The second-order valence-electron chi connectivity index (χ2n) is 6.10. The zero-order valence-corrected chi connectivity index (χ0v) is 12.7. The van der Waals surface area contributed by atoms with Gasteiger partial charge < -0.3 is 0 Å². The molecule has 0 unspecified atom stereocenters. The summed E-state index contributed by atoms with van der Waals surface area (Å²) < 4.78 is 0. The van der Waals surface area contributed by atoms with Crippen LogP contribution in [0, 0.1) is 5.92 Å². The Bertz CT molecular complexity index is 650. The van der Waals surface area contributed by atoms with E-state index in [1.54, 1.807) is 0 Å². The molecule has 3 nitrogen and oxygen atoms in total. The van der Waals surface area contributed by atoms with Gasteiger partial charge in [-0.25, -0.2) is 9.97 Å². The highest BCUT2D eigenvalue weighted by molar-refractivity contribution is 6.30. The maximum absolute atomic E-state index is 5.94. The van der Waals surface area contributed by atoms with Crippen LogP contribution in [0.15, 0.2) is 30.5 Å². The molecule has 0 N–H and O–H groups in total. The molecule has 1 aromatic carbocycles. The van der Waals surface area contributed by atoms with E-state index in [1.165, 1.54) is 30.6 Å². The summed E-state index contributed by atoms with van der Waals surface area (Å²) in [4.78, 5) is 11.9. The molecule has 21 heavy (non-hydrogen) atoms. The third kappa shape index (κ3) is 2.94. The van der Waals surface area contributed by atoms with Crippen LogP contribution in [0.4, 0.5) is 0 Å². The summed E-state index contributed by atoms with van der Waals surface area (Å²) in [5.41, 5.74) is 3.53. The number of hydrogen-bond acceptors (Lipinski definition) is 3. The van der Waals surface area contributed by atoms with E-state index in [0.717, 1.165) is 41.8 Å². The fourth-order valence-electron chi connectivity index (χ4n) is 2.92. The normalized spacial score (nSPS) is 18.5. The van der Waals surface area contributed by atoms with Crippen molar-refractivity contribution in [1.82, 2.24) is 14.9 Å². The van der Waals surface area contributed by atoms with Gasteiger partial charge in [0.1, 0.15) is 0 Å². The van der Waals surface area contributed by atoms with Crippen molar-refractivity contribution in [3.63, 3.8) is 0 Å². The molecule has 1 saturated carbocycles. The Labute approximate surface area is 130 Å². The molecule has 108 valence electrons. The van der Waals surface area contributed by atoms with Crippen molar-refractivity contribution in [2.45, 2.75) is 25.8 Å². The fraction of sp³-hybridized carbons (Fsp3) is 0.412. The fourth-order valence-corrected chi connectivity index (χ4v) is 3.04. The summed E-state index contributed by atoms with van der Waals surface area (Å²) in [5.74, 6) is 1.74. The summed E-state index contributed by atoms with van der Waals surface area (Å²) in [6, 6.07) is 7.74. The number of hydrogen-bond donors (Lipinski definition) is 0. The van der Waals surface area contributed by atoms with Gasteiger partial charge in [0.15, 0.2) is 5.82 Å². The second-order valence-corrected chi connectivity index (χ2v) is 6.54. The predicted molar refractivity (Wildman–Crippen MR) is 84.2 cm³/mol. The molecule has 0 saturated heterocycles. The Morgan fingerprint density at radius 2 is 2.00 bits per heavy atom. The van der Waals surface area contributed by atoms with Crippen LogP contribution in [0.2, 0.25) is 5.02 Å². The van der Waals surface area contributed by atoms with Crippen molar-refractivity contribution in [3.8, 4) is 11.4 Å². The molecule has 1 aliphatic heterocycles. The molecule has 0 radical (unpaired) electrons. The Morgan fingerprint density at radius 1 is 1.19 bits per heavy atom. The Kier molecular flexibility index (Phi) is 3.40. The molecule has 4 rings (SSSR count). The van der Waals surface area contributed by atoms with Crippen LogP contribution in [-0.2, 0) is 13.0 Å². The third-order valence-electron chi connectivity index (χ3n) is 4.34. The topological polar surface area (TPSA) is 29.0 Å². The molecule has 0 amide bonds. The van der Waals surface area contributed by atoms with Crippen LogP contribution >= 0.6 is 11.6 Å². The number of halogens is 1. The van der Waals surface area contributed by atoms with Gasteiger partial charge in [0.2, 0.25) is 0 Å². The molecule has 1 aromatic heterocycles. The summed E-state index contributed by atoms with van der Waals surface area (Å²) in [6.45, 7) is 3.35. The maximum atomic E-state index is 5.94. The summed E-state index contributed by atoms with van der Waals surface area (Å²) >= 11 is 5.94. The molecule has 2 aromatic rings. The average Bonchev–Trinajstić information content (AvgIpc) is 3.31. The molecule has 0 atom stereocenters. The van der Waals surface area contributed by atoms with Gasteiger partial charge in [-0.1, -0.05) is 11.6 Å². The zero-order chi connectivity index (χ0) is 14.2. The maximum Gasteiger partial charge on any atom is 0.159 e. The summed E-state index contributed by atoms with van der Waals surface area (Å²) in [6.07, 6.45) is 5.88. The largest absolute Gasteiger partial charge is 0.297 e. The Morgan fingerprint density at radius 3 is 2.76 bits per heavy atom. The molecule has 1 aliphatic carbocycles. The van der Waals surface area contributed by atoms with Crippen LogP contribution in [0.1, 0.15) is 24.1 Å². The minimum atomic E-state index is 0.743. The van der Waals surface area contributed by atoms with E-state index in [0.29, 0.717) is 0 Å². The number of benzene rings is 1. The molecule has 0 bridgehead atoms. The first kappa shape index (κ1) is 13.2. The van der Waals surface area contributed by atoms with Gasteiger partial charge in [-0.2, -0.15) is 0 Å². The van der Waals surface area contributed by atoms with Gasteiger partial charge in [-0.05, 0) is 55.0 Å². The number of aromatic nitrogens is 2. The molecular formula is C17H18ClN3. The van der Waals surface area contributed by atoms with E-state index in [9.17, 15) is 0 Å². The molecule has 4 heteroatoms. The molecule has 2 aliphatic rings. The monoisotopic (exact) mass is 299 g/mol.